The van der Waals surface area contributed by atoms with Gasteiger partial charge in [-0.1, -0.05) is 364 Å². The molecule has 0 saturated heterocycles. The molecule has 2 heterocycles. The molecule has 4 nitrogen and oxygen atoms in total. The van der Waals surface area contributed by atoms with Gasteiger partial charge in [0.1, 0.15) is 23.0 Å². The molecule has 0 fully saturated rings. The van der Waals surface area contributed by atoms with Crippen molar-refractivity contribution in [3.05, 3.63) is 574 Å². The fourth-order valence-corrected chi connectivity index (χ4v) is 23.4. The molecule has 26 rings (SSSR count). The normalized spacial score (nSPS) is 15.7. The number of hydrogen-bond donors (Lipinski definition) is 0. The van der Waals surface area contributed by atoms with Crippen molar-refractivity contribution < 1.29 is 9.47 Å². The Morgan fingerprint density at radius 2 is 0.414 bits per heavy atom. The molecule has 0 radical (unpaired) electrons. The topological polar surface area (TPSA) is 24.9 Å². The van der Waals surface area contributed by atoms with Crippen molar-refractivity contribution in [2.75, 3.05) is 9.80 Å². The summed E-state index contributed by atoms with van der Waals surface area (Å²) in [5, 5.41) is 0. The van der Waals surface area contributed by atoms with E-state index < -0.39 is 21.7 Å². The van der Waals surface area contributed by atoms with E-state index in [0.29, 0.717) is 0 Å². The van der Waals surface area contributed by atoms with Gasteiger partial charge in [-0.3, -0.25) is 0 Å². The van der Waals surface area contributed by atoms with Crippen molar-refractivity contribution in [2.45, 2.75) is 21.7 Å². The molecule has 4 aliphatic carbocycles. The lowest BCUT2D eigenvalue weighted by molar-refractivity contribution is 0.436. The van der Waals surface area contributed by atoms with E-state index >= 15 is 0 Å². The average Bonchev–Trinajstić information content (AvgIpc) is 1.50. The van der Waals surface area contributed by atoms with Gasteiger partial charge in [0.15, 0.2) is 0 Å². The number of nitrogens with zero attached hydrogens (tertiary/aromatic N) is 2. The van der Waals surface area contributed by atoms with E-state index in [1.54, 1.807) is 0 Å². The van der Waals surface area contributed by atoms with E-state index in [1.807, 2.05) is 0 Å². The second kappa shape index (κ2) is 28.6. The third-order valence-corrected chi connectivity index (χ3v) is 28.6. The summed E-state index contributed by atoms with van der Waals surface area (Å²) in [5.74, 6) is 3.51. The molecule has 20 aromatic rings. The van der Waals surface area contributed by atoms with Gasteiger partial charge in [-0.2, -0.15) is 0 Å². The first-order valence-corrected chi connectivity index (χ1v) is 44.4. The van der Waals surface area contributed by atoms with E-state index in [2.05, 4.69) is 495 Å². The Bertz CT molecular complexity index is 7800. The Labute approximate surface area is 745 Å². The summed E-state index contributed by atoms with van der Waals surface area (Å²) in [6.45, 7) is 0. The monoisotopic (exact) mass is 1630 g/mol. The molecule has 0 amide bonds. The number of ether oxygens (including phenoxy) is 2. The third-order valence-electron chi connectivity index (χ3n) is 28.6. The van der Waals surface area contributed by atoms with E-state index in [0.717, 1.165) is 113 Å². The maximum absolute atomic E-state index is 6.94. The quantitative estimate of drug-likeness (QED) is 0.115. The molecule has 20 aromatic carbocycles. The zero-order chi connectivity index (χ0) is 84.2. The maximum Gasteiger partial charge on any atom is 0.132 e. The Hall–Kier alpha value is -16.4. The average molecular weight is 1630 g/mol. The van der Waals surface area contributed by atoms with Crippen LogP contribution < -0.4 is 19.3 Å². The first kappa shape index (κ1) is 73.2. The van der Waals surface area contributed by atoms with E-state index in [1.165, 1.54) is 111 Å². The van der Waals surface area contributed by atoms with Crippen LogP contribution in [0.15, 0.2) is 485 Å². The molecular formula is C124H80N2O2. The van der Waals surface area contributed by atoms with Crippen molar-refractivity contribution in [1.82, 2.24) is 0 Å². The van der Waals surface area contributed by atoms with E-state index in [4.69, 9.17) is 9.47 Å². The Morgan fingerprint density at radius 1 is 0.133 bits per heavy atom. The second-order valence-electron chi connectivity index (χ2n) is 34.7. The van der Waals surface area contributed by atoms with Gasteiger partial charge in [0, 0.05) is 56.4 Å². The molecule has 128 heavy (non-hydrogen) atoms. The number of rotatable bonds is 13. The van der Waals surface area contributed by atoms with Crippen LogP contribution >= 0.6 is 0 Å². The van der Waals surface area contributed by atoms with Crippen molar-refractivity contribution in [3.8, 4) is 101 Å². The smallest absolute Gasteiger partial charge is 0.132 e. The molecule has 2 unspecified atom stereocenters. The van der Waals surface area contributed by atoms with Crippen molar-refractivity contribution in [2.24, 2.45) is 0 Å². The molecule has 0 N–H and O–H groups in total. The lowest BCUT2D eigenvalue weighted by Gasteiger charge is -2.40. The third kappa shape index (κ3) is 10.5. The molecule has 0 bridgehead atoms. The second-order valence-corrected chi connectivity index (χ2v) is 34.7. The van der Waals surface area contributed by atoms with Gasteiger partial charge in [0.05, 0.1) is 21.7 Å². The van der Waals surface area contributed by atoms with Crippen LogP contribution in [0.5, 0.6) is 23.0 Å². The largest absolute Gasteiger partial charge is 0.457 e. The summed E-state index contributed by atoms with van der Waals surface area (Å²) in [5.41, 5.74) is 40.1. The minimum Gasteiger partial charge on any atom is -0.457 e. The van der Waals surface area contributed by atoms with Gasteiger partial charge in [0.2, 0.25) is 0 Å². The Balaban J connectivity index is 0.557. The molecule has 2 aliphatic heterocycles. The van der Waals surface area contributed by atoms with Crippen LogP contribution in [-0.4, -0.2) is 0 Å². The van der Waals surface area contributed by atoms with Gasteiger partial charge < -0.3 is 19.3 Å². The highest BCUT2D eigenvalue weighted by Gasteiger charge is 2.54. The summed E-state index contributed by atoms with van der Waals surface area (Å²) in [6, 6.07) is 181. The lowest BCUT2D eigenvalue weighted by atomic mass is 9.66. The van der Waals surface area contributed by atoms with Gasteiger partial charge in [0.25, 0.3) is 0 Å². The van der Waals surface area contributed by atoms with Crippen LogP contribution in [0.3, 0.4) is 0 Å². The summed E-state index contributed by atoms with van der Waals surface area (Å²) in [6.07, 6.45) is 0. The molecule has 0 saturated carbocycles. The van der Waals surface area contributed by atoms with Crippen LogP contribution in [0.1, 0.15) is 89.0 Å². The molecule has 2 spiro atoms. The van der Waals surface area contributed by atoms with Gasteiger partial charge >= 0.3 is 0 Å². The standard InChI is InChI=1S/C124H80N2O2/c1-5-33-87(34-6-1)121(106-49-19-16-46-100(106)103-77-85(64-72-110(103)121)81-59-65-94(66-60-81)126(92-41-11-4-12-42-92)96-70-74-120-116(80-96)124(114-55-25-28-58-119(114)128-120)107-50-20-14-43-97(107)98-44-15-21-51-108(98)124)89-37-29-31-83(75-89)84-32-30-38-90(76-84)122(88-35-7-2-8-36-88)105-48-18-13-45-99(105)102-71-63-86(78-115(102)122)82-61-67-93(68-62-82)125(91-39-9-3-10-40-91)95-69-73-111-104(79-95)101-47-17-22-52-109(101)123(111)112-53-23-26-56-117(112)127-118-57-27-24-54-113(118)123/h1-80H. The SMILES string of the molecule is c1ccc(N(c2ccc(-c3ccc4c(c3)C(c3ccccc3)(c3cccc(-c5cccc(C6(c7ccccc7)c7ccccc7-c7cc(-c8ccc(N(c9ccccc9)c9ccc%10c(c9)C9(c%11ccccc%11O%10)c%10ccccc%10-c%10ccccc%109)cc8)ccc76)c5)c3)c3ccccc3-4)cc2)c2ccc3c(c2)-c2ccccc2C32c3ccccc3Oc3ccccc32)cc1. The van der Waals surface area contributed by atoms with Crippen molar-refractivity contribution >= 4 is 34.1 Å². The summed E-state index contributed by atoms with van der Waals surface area (Å²) < 4.78 is 13.6. The summed E-state index contributed by atoms with van der Waals surface area (Å²) in [4.78, 5) is 4.80. The zero-order valence-electron chi connectivity index (χ0n) is 69.9. The lowest BCUT2D eigenvalue weighted by Crippen LogP contribution is -2.32. The van der Waals surface area contributed by atoms with Crippen molar-refractivity contribution in [3.63, 3.8) is 0 Å². The number of anilines is 6. The van der Waals surface area contributed by atoms with E-state index in [9.17, 15) is 0 Å². The molecule has 6 aliphatic rings. The van der Waals surface area contributed by atoms with Gasteiger partial charge in [-0.25, -0.2) is 0 Å². The fraction of sp³-hybridized carbons (Fsp3) is 0.0323. The number of para-hydroxylation sites is 5. The zero-order valence-corrected chi connectivity index (χ0v) is 69.9. The fourth-order valence-electron chi connectivity index (χ4n) is 23.4. The van der Waals surface area contributed by atoms with E-state index in [-0.39, 0.29) is 0 Å². The Kier molecular flexibility index (Phi) is 16.3. The highest BCUT2D eigenvalue weighted by molar-refractivity contribution is 5.97. The Morgan fingerprint density at radius 3 is 0.883 bits per heavy atom. The van der Waals surface area contributed by atoms with Crippen LogP contribution in [0.25, 0.3) is 77.9 Å². The van der Waals surface area contributed by atoms with Crippen LogP contribution in [0, 0.1) is 0 Å². The highest BCUT2D eigenvalue weighted by Crippen LogP contribution is 2.67. The van der Waals surface area contributed by atoms with Crippen LogP contribution in [-0.2, 0) is 21.7 Å². The number of hydrogen-bond acceptors (Lipinski definition) is 4. The highest BCUT2D eigenvalue weighted by atomic mass is 16.5. The first-order valence-electron chi connectivity index (χ1n) is 44.4. The predicted octanol–water partition coefficient (Wildman–Crippen LogP) is 31.3. The van der Waals surface area contributed by atoms with Crippen LogP contribution in [0.2, 0.25) is 0 Å². The number of benzene rings is 20. The summed E-state index contributed by atoms with van der Waals surface area (Å²) >= 11 is 0. The molecule has 4 heteroatoms. The molecule has 2 atom stereocenters. The van der Waals surface area contributed by atoms with Crippen LogP contribution in [0.4, 0.5) is 34.1 Å². The van der Waals surface area contributed by atoms with Gasteiger partial charge in [-0.15, -0.1) is 0 Å². The molecule has 0 aromatic heterocycles. The maximum atomic E-state index is 6.94. The minimum absolute atomic E-state index is 0.562. The predicted molar refractivity (Wildman–Crippen MR) is 521 cm³/mol. The summed E-state index contributed by atoms with van der Waals surface area (Å²) in [7, 11) is 0. The molecule has 598 valence electrons. The van der Waals surface area contributed by atoms with Gasteiger partial charge in [-0.05, 0) is 266 Å². The number of fused-ring (bicyclic) bond motifs is 24. The minimum atomic E-state index is -0.694. The first-order chi connectivity index (χ1) is 63.4. The van der Waals surface area contributed by atoms with Crippen molar-refractivity contribution in [1.29, 1.82) is 0 Å². The molecular weight excluding hydrogens is 1550 g/mol.